The zero-order chi connectivity index (χ0) is 21.8. The number of aromatic nitrogens is 1. The van der Waals surface area contributed by atoms with Crippen molar-refractivity contribution in [1.29, 1.82) is 0 Å². The Labute approximate surface area is 188 Å². The summed E-state index contributed by atoms with van der Waals surface area (Å²) in [6.07, 6.45) is 8.11. The molecule has 0 atom stereocenters. The van der Waals surface area contributed by atoms with E-state index in [0.717, 1.165) is 48.5 Å². The molecule has 1 aromatic carbocycles. The van der Waals surface area contributed by atoms with E-state index in [-0.39, 0.29) is 24.3 Å². The number of carbonyl (C=O) groups excluding carboxylic acids is 2. The number of nitrogens with one attached hydrogen (secondary N) is 1. The summed E-state index contributed by atoms with van der Waals surface area (Å²) in [6.45, 7) is 4.86. The van der Waals surface area contributed by atoms with Gasteiger partial charge in [0.05, 0.1) is 11.4 Å². The first-order chi connectivity index (χ1) is 15.1. The summed E-state index contributed by atoms with van der Waals surface area (Å²) in [5.41, 5.74) is 2.47. The van der Waals surface area contributed by atoms with Gasteiger partial charge in [0.1, 0.15) is 5.75 Å². The monoisotopic (exact) mass is 441 g/mol. The van der Waals surface area contributed by atoms with Crippen molar-refractivity contribution in [3.8, 4) is 17.0 Å². The minimum Gasteiger partial charge on any atom is -0.482 e. The average Bonchev–Trinajstić information content (AvgIpc) is 3.26. The first-order valence-electron chi connectivity index (χ1n) is 11.4. The fourth-order valence-electron chi connectivity index (χ4n) is 4.59. The van der Waals surface area contributed by atoms with E-state index in [1.165, 1.54) is 30.6 Å². The zero-order valence-corrected chi connectivity index (χ0v) is 19.2. The molecule has 2 aromatic rings. The van der Waals surface area contributed by atoms with Crippen molar-refractivity contribution in [2.45, 2.75) is 58.8 Å². The minimum absolute atomic E-state index is 0.0391. The number of hydrogen-bond acceptors (Lipinski definition) is 5. The molecule has 1 saturated carbocycles. The van der Waals surface area contributed by atoms with Crippen LogP contribution in [0.5, 0.6) is 5.75 Å². The van der Waals surface area contributed by atoms with Gasteiger partial charge in [-0.05, 0) is 56.7 Å². The van der Waals surface area contributed by atoms with Crippen molar-refractivity contribution < 1.29 is 14.3 Å². The summed E-state index contributed by atoms with van der Waals surface area (Å²) >= 11 is 1.44. The normalized spacial score (nSPS) is 20.8. The number of hydrogen-bond donors (Lipinski definition) is 1. The lowest BCUT2D eigenvalue weighted by atomic mass is 9.79. The summed E-state index contributed by atoms with van der Waals surface area (Å²) in [6, 6.07) is 5.77. The molecule has 166 valence electrons. The first-order valence-corrected chi connectivity index (χ1v) is 12.3. The molecule has 1 fully saturated rings. The van der Waals surface area contributed by atoms with Crippen LogP contribution in [0, 0.1) is 11.8 Å². The quantitative estimate of drug-likeness (QED) is 0.617. The first kappa shape index (κ1) is 21.8. The molecule has 2 aliphatic rings. The van der Waals surface area contributed by atoms with Crippen molar-refractivity contribution in [2.75, 3.05) is 23.4 Å². The Morgan fingerprint density at radius 1 is 1.26 bits per heavy atom. The second-order valence-electron chi connectivity index (χ2n) is 8.50. The number of amides is 2. The van der Waals surface area contributed by atoms with Crippen LogP contribution in [0.25, 0.3) is 11.3 Å². The summed E-state index contributed by atoms with van der Waals surface area (Å²) < 4.78 is 5.55. The smallest absolute Gasteiger partial charge is 0.265 e. The van der Waals surface area contributed by atoms with E-state index in [1.807, 2.05) is 30.5 Å². The van der Waals surface area contributed by atoms with Gasteiger partial charge in [-0.3, -0.25) is 9.59 Å². The Kier molecular flexibility index (Phi) is 6.90. The van der Waals surface area contributed by atoms with Crippen LogP contribution in [0.1, 0.15) is 58.8 Å². The van der Waals surface area contributed by atoms with E-state index in [9.17, 15) is 9.59 Å². The average molecular weight is 442 g/mol. The number of fused-ring (bicyclic) bond motifs is 1. The molecule has 1 aliphatic heterocycles. The predicted octanol–water partition coefficient (Wildman–Crippen LogP) is 5.49. The Morgan fingerprint density at radius 3 is 2.81 bits per heavy atom. The van der Waals surface area contributed by atoms with Crippen molar-refractivity contribution >= 4 is 34.0 Å². The summed E-state index contributed by atoms with van der Waals surface area (Å²) in [7, 11) is 0. The van der Waals surface area contributed by atoms with Crippen LogP contribution < -0.4 is 15.0 Å². The summed E-state index contributed by atoms with van der Waals surface area (Å²) in [5.74, 6) is 1.65. The van der Waals surface area contributed by atoms with E-state index in [4.69, 9.17) is 4.74 Å². The number of rotatable bonds is 7. The third-order valence-electron chi connectivity index (χ3n) is 6.43. The molecule has 31 heavy (non-hydrogen) atoms. The number of benzene rings is 1. The third-order valence-corrected chi connectivity index (χ3v) is 7.19. The number of anilines is 2. The zero-order valence-electron chi connectivity index (χ0n) is 18.4. The van der Waals surface area contributed by atoms with Crippen molar-refractivity contribution in [1.82, 2.24) is 4.98 Å². The Morgan fingerprint density at radius 2 is 2.06 bits per heavy atom. The van der Waals surface area contributed by atoms with Crippen LogP contribution >= 0.6 is 11.3 Å². The maximum absolute atomic E-state index is 12.7. The molecule has 0 bridgehead atoms. The molecular weight excluding hydrogens is 410 g/mol. The van der Waals surface area contributed by atoms with Crippen molar-refractivity contribution in [2.24, 2.45) is 11.8 Å². The van der Waals surface area contributed by atoms with Crippen LogP contribution in [0.4, 0.5) is 10.8 Å². The third kappa shape index (κ3) is 4.92. The number of unbranched alkanes of at least 4 members (excludes halogenated alkanes) is 1. The van der Waals surface area contributed by atoms with Crippen LogP contribution in [-0.2, 0) is 9.59 Å². The maximum Gasteiger partial charge on any atom is 0.265 e. The van der Waals surface area contributed by atoms with Gasteiger partial charge in [-0.25, -0.2) is 4.98 Å². The highest BCUT2D eigenvalue weighted by Gasteiger charge is 2.27. The van der Waals surface area contributed by atoms with E-state index in [2.05, 4.69) is 17.2 Å². The predicted molar refractivity (Wildman–Crippen MR) is 125 cm³/mol. The molecule has 0 unspecified atom stereocenters. The van der Waals surface area contributed by atoms with Crippen molar-refractivity contribution in [3.05, 3.63) is 23.6 Å². The molecule has 0 spiro atoms. The van der Waals surface area contributed by atoms with Gasteiger partial charge in [0.2, 0.25) is 5.91 Å². The summed E-state index contributed by atoms with van der Waals surface area (Å²) in [5, 5.41) is 5.60. The topological polar surface area (TPSA) is 71.5 Å². The molecule has 0 saturated heterocycles. The minimum atomic E-state index is -0.0391. The Hall–Kier alpha value is -2.41. The highest BCUT2D eigenvalue weighted by atomic mass is 32.1. The van der Waals surface area contributed by atoms with Gasteiger partial charge in [0, 0.05) is 23.4 Å². The molecule has 4 rings (SSSR count). The van der Waals surface area contributed by atoms with E-state index in [0.29, 0.717) is 17.4 Å². The number of ether oxygens (including phenoxy) is 1. The van der Waals surface area contributed by atoms with Gasteiger partial charge in [-0.15, -0.1) is 11.3 Å². The fraction of sp³-hybridized carbons (Fsp3) is 0.542. The number of carbonyl (C=O) groups is 2. The van der Waals surface area contributed by atoms with Gasteiger partial charge in [-0.2, -0.15) is 0 Å². The molecule has 7 heteroatoms. The number of thiazole rings is 1. The van der Waals surface area contributed by atoms with E-state index >= 15 is 0 Å². The molecule has 0 radical (unpaired) electrons. The molecular formula is C24H31N3O3S. The molecule has 2 heterocycles. The summed E-state index contributed by atoms with van der Waals surface area (Å²) in [4.78, 5) is 31.2. The van der Waals surface area contributed by atoms with Crippen LogP contribution in [-0.4, -0.2) is 29.9 Å². The molecule has 6 nitrogen and oxygen atoms in total. The van der Waals surface area contributed by atoms with Gasteiger partial charge in [0.25, 0.3) is 5.91 Å². The number of likely N-dealkylation sites (N-methyl/N-ethyl adjacent to an activating group) is 1. The SMILES string of the molecule is CCCCC1CCC(C(=O)Nc2nc(-c3ccc4c(c3)N(CC)C(=O)CO4)cs2)CC1. The molecule has 1 N–H and O–H groups in total. The Bertz CT molecular complexity index is 934. The second-order valence-corrected chi connectivity index (χ2v) is 9.35. The lowest BCUT2D eigenvalue weighted by Gasteiger charge is -2.28. The fourth-order valence-corrected chi connectivity index (χ4v) is 5.31. The van der Waals surface area contributed by atoms with Crippen LogP contribution in [0.2, 0.25) is 0 Å². The second kappa shape index (κ2) is 9.81. The Balaban J connectivity index is 1.39. The number of nitrogens with zero attached hydrogens (tertiary/aromatic N) is 2. The van der Waals surface area contributed by atoms with Crippen LogP contribution in [0.3, 0.4) is 0 Å². The van der Waals surface area contributed by atoms with Crippen molar-refractivity contribution in [3.63, 3.8) is 0 Å². The van der Waals surface area contributed by atoms with Gasteiger partial charge >= 0.3 is 0 Å². The standard InChI is InChI=1S/C24H31N3O3S/c1-3-5-6-16-7-9-17(10-8-16)23(29)26-24-25-19(15-31-24)18-11-12-21-20(13-18)27(4-2)22(28)14-30-21/h11-13,15-17H,3-10,14H2,1-2H3,(H,25,26,29). The van der Waals surface area contributed by atoms with Crippen LogP contribution in [0.15, 0.2) is 23.6 Å². The van der Waals surface area contributed by atoms with Gasteiger partial charge < -0.3 is 15.0 Å². The molecule has 1 aliphatic carbocycles. The largest absolute Gasteiger partial charge is 0.482 e. The van der Waals surface area contributed by atoms with E-state index < -0.39 is 0 Å². The molecule has 1 aromatic heterocycles. The van der Waals surface area contributed by atoms with E-state index in [1.54, 1.807) is 4.90 Å². The molecule has 2 amide bonds. The maximum atomic E-state index is 12.7. The highest BCUT2D eigenvalue weighted by molar-refractivity contribution is 7.14. The lowest BCUT2D eigenvalue weighted by molar-refractivity contribution is -0.121. The highest BCUT2D eigenvalue weighted by Crippen LogP contribution is 2.37. The lowest BCUT2D eigenvalue weighted by Crippen LogP contribution is -2.38. The van der Waals surface area contributed by atoms with Gasteiger partial charge in [0.15, 0.2) is 11.7 Å². The van der Waals surface area contributed by atoms with Gasteiger partial charge in [-0.1, -0.05) is 26.2 Å².